The van der Waals surface area contributed by atoms with E-state index in [1.54, 1.807) is 36.4 Å². The summed E-state index contributed by atoms with van der Waals surface area (Å²) >= 11 is 9.25. The van der Waals surface area contributed by atoms with Crippen LogP contribution in [0.3, 0.4) is 0 Å². The average molecular weight is 505 g/mol. The molecule has 31 heavy (non-hydrogen) atoms. The number of ether oxygens (including phenoxy) is 1. The number of rotatable bonds is 9. The van der Waals surface area contributed by atoms with Gasteiger partial charge in [0.2, 0.25) is 0 Å². The Hall–Kier alpha value is -2.82. The van der Waals surface area contributed by atoms with E-state index >= 15 is 0 Å². The van der Waals surface area contributed by atoms with E-state index in [9.17, 15) is 9.59 Å². The zero-order valence-electron chi connectivity index (χ0n) is 17.2. The second-order valence-corrected chi connectivity index (χ2v) is 8.42. The molecule has 2 aromatic carbocycles. The van der Waals surface area contributed by atoms with Gasteiger partial charge in [-0.3, -0.25) is 9.59 Å². The van der Waals surface area contributed by atoms with Gasteiger partial charge in [0.05, 0.1) is 6.21 Å². The van der Waals surface area contributed by atoms with Crippen LogP contribution >= 0.6 is 27.5 Å². The molecule has 6 nitrogen and oxygen atoms in total. The van der Waals surface area contributed by atoms with Crippen LogP contribution in [0.4, 0.5) is 0 Å². The van der Waals surface area contributed by atoms with Crippen LogP contribution < -0.4 is 15.5 Å². The van der Waals surface area contributed by atoms with Gasteiger partial charge in [-0.2, -0.15) is 5.10 Å². The van der Waals surface area contributed by atoms with Crippen LogP contribution in [0.2, 0.25) is 5.02 Å². The smallest absolute Gasteiger partial charge is 0.262 e. The topological polar surface area (TPSA) is 79.8 Å². The first kappa shape index (κ1) is 24.4. The quantitative estimate of drug-likeness (QED) is 0.302. The van der Waals surface area contributed by atoms with Gasteiger partial charge in [0.1, 0.15) is 18.4 Å². The van der Waals surface area contributed by atoms with Crippen LogP contribution in [0.1, 0.15) is 36.2 Å². The molecule has 0 fully saturated rings. The van der Waals surface area contributed by atoms with Crippen LogP contribution in [0.25, 0.3) is 0 Å². The summed E-state index contributed by atoms with van der Waals surface area (Å²) in [7, 11) is 0. The number of carbonyl (C=O) groups is 2. The summed E-state index contributed by atoms with van der Waals surface area (Å²) in [5.74, 6) is 2.33. The lowest BCUT2D eigenvalue weighted by atomic mass is 10.0. The van der Waals surface area contributed by atoms with Crippen molar-refractivity contribution in [1.82, 2.24) is 10.7 Å². The third-order valence-corrected chi connectivity index (χ3v) is 4.84. The number of hydrazone groups is 1. The molecule has 0 heterocycles. The van der Waals surface area contributed by atoms with Gasteiger partial charge in [-0.15, -0.1) is 6.42 Å². The normalized spacial score (nSPS) is 11.7. The molecule has 1 atom stereocenters. The van der Waals surface area contributed by atoms with Gasteiger partial charge in [0.25, 0.3) is 11.8 Å². The summed E-state index contributed by atoms with van der Waals surface area (Å²) in [6, 6.07) is 11.0. The number of nitrogens with one attached hydrogen (secondary N) is 2. The summed E-state index contributed by atoms with van der Waals surface area (Å²) in [6.45, 7) is 4.05. The van der Waals surface area contributed by atoms with Gasteiger partial charge >= 0.3 is 0 Å². The van der Waals surface area contributed by atoms with E-state index in [1.165, 1.54) is 6.21 Å². The molecule has 2 rings (SSSR count). The maximum atomic E-state index is 12.7. The Morgan fingerprint density at radius 1 is 1.26 bits per heavy atom. The van der Waals surface area contributed by atoms with E-state index in [0.717, 1.165) is 4.47 Å². The molecule has 8 heteroatoms. The van der Waals surface area contributed by atoms with Crippen molar-refractivity contribution < 1.29 is 14.3 Å². The Balaban J connectivity index is 2.09. The molecule has 1 unspecified atom stereocenters. The third-order valence-electron chi connectivity index (χ3n) is 4.10. The fourth-order valence-electron chi connectivity index (χ4n) is 2.66. The molecule has 0 spiro atoms. The van der Waals surface area contributed by atoms with Gasteiger partial charge < -0.3 is 10.1 Å². The Morgan fingerprint density at radius 2 is 1.97 bits per heavy atom. The van der Waals surface area contributed by atoms with E-state index in [4.69, 9.17) is 22.8 Å². The molecule has 0 saturated carbocycles. The Bertz CT molecular complexity index is 985. The highest BCUT2D eigenvalue weighted by Gasteiger charge is 2.22. The molecule has 0 saturated heterocycles. The Morgan fingerprint density at radius 3 is 2.61 bits per heavy atom. The van der Waals surface area contributed by atoms with Crippen molar-refractivity contribution in [2.45, 2.75) is 26.3 Å². The lowest BCUT2D eigenvalue weighted by Crippen LogP contribution is -2.46. The summed E-state index contributed by atoms with van der Waals surface area (Å²) in [5, 5.41) is 7.31. The first-order valence-electron chi connectivity index (χ1n) is 9.55. The number of hydrogen-bond acceptors (Lipinski definition) is 4. The third kappa shape index (κ3) is 8.08. The largest absolute Gasteiger partial charge is 0.480 e. The van der Waals surface area contributed by atoms with Crippen molar-refractivity contribution in [1.29, 1.82) is 0 Å². The SMILES string of the molecule is C#CCOc1ccc(Br)cc1C=NNC(=O)C(CC(C)C)NC(=O)c1ccc(Cl)cc1. The molecule has 0 aliphatic rings. The summed E-state index contributed by atoms with van der Waals surface area (Å²) in [5.41, 5.74) is 3.54. The molecule has 2 amide bonds. The van der Waals surface area contributed by atoms with Gasteiger partial charge in [0.15, 0.2) is 0 Å². The van der Waals surface area contributed by atoms with Gasteiger partial charge in [-0.1, -0.05) is 47.3 Å². The van der Waals surface area contributed by atoms with Crippen molar-refractivity contribution in [3.05, 3.63) is 63.1 Å². The van der Waals surface area contributed by atoms with Crippen LogP contribution in [0, 0.1) is 18.3 Å². The lowest BCUT2D eigenvalue weighted by molar-refractivity contribution is -0.123. The van der Waals surface area contributed by atoms with E-state index in [1.807, 2.05) is 19.9 Å². The average Bonchev–Trinajstić information content (AvgIpc) is 2.72. The van der Waals surface area contributed by atoms with Crippen LogP contribution in [-0.2, 0) is 4.79 Å². The van der Waals surface area contributed by atoms with Crippen molar-refractivity contribution in [2.24, 2.45) is 11.0 Å². The van der Waals surface area contributed by atoms with Crippen LogP contribution in [-0.4, -0.2) is 30.7 Å². The highest BCUT2D eigenvalue weighted by molar-refractivity contribution is 9.10. The second-order valence-electron chi connectivity index (χ2n) is 7.07. The lowest BCUT2D eigenvalue weighted by Gasteiger charge is -2.19. The van der Waals surface area contributed by atoms with Crippen LogP contribution in [0.15, 0.2) is 52.0 Å². The van der Waals surface area contributed by atoms with E-state index < -0.39 is 11.9 Å². The molecule has 0 bridgehead atoms. The minimum atomic E-state index is -0.750. The summed E-state index contributed by atoms with van der Waals surface area (Å²) in [4.78, 5) is 25.2. The van der Waals surface area contributed by atoms with E-state index in [-0.39, 0.29) is 18.4 Å². The Labute approximate surface area is 195 Å². The molecule has 0 aliphatic heterocycles. The highest BCUT2D eigenvalue weighted by atomic mass is 79.9. The predicted molar refractivity (Wildman–Crippen MR) is 126 cm³/mol. The van der Waals surface area contributed by atoms with Crippen molar-refractivity contribution in [3.63, 3.8) is 0 Å². The van der Waals surface area contributed by atoms with E-state index in [0.29, 0.717) is 28.3 Å². The first-order valence-corrected chi connectivity index (χ1v) is 10.7. The number of nitrogens with zero attached hydrogens (tertiary/aromatic N) is 1. The molecule has 162 valence electrons. The molecule has 2 aromatic rings. The fraction of sp³-hybridized carbons (Fsp3) is 0.261. The molecule has 0 aromatic heterocycles. The second kappa shape index (κ2) is 12.1. The molecular weight excluding hydrogens is 482 g/mol. The fourth-order valence-corrected chi connectivity index (χ4v) is 3.16. The maximum Gasteiger partial charge on any atom is 0.262 e. The number of carbonyl (C=O) groups excluding carboxylic acids is 2. The first-order chi connectivity index (χ1) is 14.8. The van der Waals surface area contributed by atoms with Crippen molar-refractivity contribution >= 4 is 45.6 Å². The van der Waals surface area contributed by atoms with Crippen molar-refractivity contribution in [3.8, 4) is 18.1 Å². The number of terminal acetylenes is 1. The summed E-state index contributed by atoms with van der Waals surface area (Å²) < 4.78 is 6.30. The molecule has 0 radical (unpaired) electrons. The minimum absolute atomic E-state index is 0.113. The van der Waals surface area contributed by atoms with Gasteiger partial charge in [-0.05, 0) is 54.8 Å². The number of halogens is 2. The minimum Gasteiger partial charge on any atom is -0.480 e. The summed E-state index contributed by atoms with van der Waals surface area (Å²) in [6.07, 6.45) is 7.16. The highest BCUT2D eigenvalue weighted by Crippen LogP contribution is 2.21. The van der Waals surface area contributed by atoms with Gasteiger partial charge in [0, 0.05) is 20.6 Å². The molecule has 2 N–H and O–H groups in total. The van der Waals surface area contributed by atoms with Gasteiger partial charge in [-0.25, -0.2) is 5.43 Å². The molecular formula is C23H23BrClN3O3. The zero-order chi connectivity index (χ0) is 22.8. The Kier molecular flexibility index (Phi) is 9.57. The van der Waals surface area contributed by atoms with E-state index in [2.05, 4.69) is 37.7 Å². The standard InChI is InChI=1S/C23H23BrClN3O3/c1-4-11-31-21-10-7-18(24)13-17(21)14-26-28-23(30)20(12-15(2)3)27-22(29)16-5-8-19(25)9-6-16/h1,5-10,13-15,20H,11-12H2,2-3H3,(H,27,29)(H,28,30). The van der Waals surface area contributed by atoms with Crippen LogP contribution in [0.5, 0.6) is 5.75 Å². The predicted octanol–water partition coefficient (Wildman–Crippen LogP) is 4.41. The monoisotopic (exact) mass is 503 g/mol. The maximum absolute atomic E-state index is 12.7. The molecule has 0 aliphatic carbocycles. The zero-order valence-corrected chi connectivity index (χ0v) is 19.5. The number of benzene rings is 2. The van der Waals surface area contributed by atoms with Crippen molar-refractivity contribution in [2.75, 3.05) is 6.61 Å². The number of amides is 2. The number of hydrogen-bond donors (Lipinski definition) is 2.